The lowest BCUT2D eigenvalue weighted by atomic mass is 9.95. The second-order valence-electron chi connectivity index (χ2n) is 8.83. The number of hydrogen-bond acceptors (Lipinski definition) is 6. The number of rotatable bonds is 8. The number of allylic oxidation sites excluding steroid dienone is 1. The van der Waals surface area contributed by atoms with Gasteiger partial charge in [0.2, 0.25) is 5.91 Å². The van der Waals surface area contributed by atoms with E-state index in [1.54, 1.807) is 7.11 Å². The first-order chi connectivity index (χ1) is 14.4. The minimum Gasteiger partial charge on any atom is -0.502 e. The van der Waals surface area contributed by atoms with E-state index in [9.17, 15) is 4.79 Å². The number of hydrogen-bond donors (Lipinski definition) is 1. The average Bonchev–Trinajstić information content (AvgIpc) is 3.20. The van der Waals surface area contributed by atoms with Gasteiger partial charge in [0.05, 0.1) is 25.5 Å². The Balaban J connectivity index is 1.82. The van der Waals surface area contributed by atoms with E-state index in [-0.39, 0.29) is 11.9 Å². The zero-order valence-electron chi connectivity index (χ0n) is 19.2. The van der Waals surface area contributed by atoms with Crippen molar-refractivity contribution in [3.63, 3.8) is 0 Å². The second kappa shape index (κ2) is 10.2. The van der Waals surface area contributed by atoms with Gasteiger partial charge in [0.15, 0.2) is 5.82 Å². The molecule has 0 aromatic carbocycles. The zero-order valence-corrected chi connectivity index (χ0v) is 19.2. The fourth-order valence-electron chi connectivity index (χ4n) is 4.43. The predicted octanol–water partition coefficient (Wildman–Crippen LogP) is 3.00. The van der Waals surface area contributed by atoms with Crippen LogP contribution < -0.4 is 10.2 Å². The van der Waals surface area contributed by atoms with E-state index < -0.39 is 0 Å². The standard InChI is InChI=1S/C23H37N5O2/c1-16(30-5)14-20(27(2)3)22-25-19-13-9-12-18(19)23(26-22)28(4)15-21(29)24-17-10-7-6-8-11-17/h14,17,20H,6-13,15H2,1-5H3,(H,24,29)/b16-14+. The molecule has 2 aliphatic rings. The minimum absolute atomic E-state index is 0.0793. The molecule has 2 aliphatic carbocycles. The van der Waals surface area contributed by atoms with Crippen molar-refractivity contribution in [2.45, 2.75) is 70.4 Å². The summed E-state index contributed by atoms with van der Waals surface area (Å²) < 4.78 is 5.36. The van der Waals surface area contributed by atoms with Gasteiger partial charge in [-0.2, -0.15) is 0 Å². The Labute approximate surface area is 180 Å². The molecule has 1 atom stereocenters. The molecule has 1 heterocycles. The molecule has 0 aliphatic heterocycles. The summed E-state index contributed by atoms with van der Waals surface area (Å²) in [4.78, 5) is 26.6. The van der Waals surface area contributed by atoms with Crippen LogP contribution in [0.1, 0.15) is 68.6 Å². The number of aromatic nitrogens is 2. The normalized spacial score (nSPS) is 18.3. The van der Waals surface area contributed by atoms with Crippen LogP contribution in [-0.2, 0) is 22.4 Å². The van der Waals surface area contributed by atoms with E-state index in [0.29, 0.717) is 12.6 Å². The summed E-state index contributed by atoms with van der Waals surface area (Å²) in [6.45, 7) is 2.26. The number of carbonyl (C=O) groups is 1. The highest BCUT2D eigenvalue weighted by molar-refractivity contribution is 5.81. The largest absolute Gasteiger partial charge is 0.502 e. The van der Waals surface area contributed by atoms with Crippen LogP contribution >= 0.6 is 0 Å². The van der Waals surface area contributed by atoms with Gasteiger partial charge in [0.1, 0.15) is 5.82 Å². The number of amides is 1. The van der Waals surface area contributed by atoms with Crippen LogP contribution in [0.15, 0.2) is 11.8 Å². The molecule has 0 spiro atoms. The molecular formula is C23H37N5O2. The van der Waals surface area contributed by atoms with Crippen molar-refractivity contribution in [2.75, 3.05) is 39.7 Å². The van der Waals surface area contributed by atoms with Gasteiger partial charge >= 0.3 is 0 Å². The third-order valence-electron chi connectivity index (χ3n) is 6.18. The number of fused-ring (bicyclic) bond motifs is 1. The summed E-state index contributed by atoms with van der Waals surface area (Å²) >= 11 is 0. The van der Waals surface area contributed by atoms with E-state index in [4.69, 9.17) is 14.7 Å². The molecule has 1 unspecified atom stereocenters. The van der Waals surface area contributed by atoms with Gasteiger partial charge in [-0.25, -0.2) is 9.97 Å². The molecule has 1 saturated carbocycles. The first-order valence-electron chi connectivity index (χ1n) is 11.2. The van der Waals surface area contributed by atoms with Crippen LogP contribution in [0.2, 0.25) is 0 Å². The quantitative estimate of drug-likeness (QED) is 0.658. The maximum Gasteiger partial charge on any atom is 0.239 e. The van der Waals surface area contributed by atoms with Crippen LogP contribution in [0, 0.1) is 0 Å². The third kappa shape index (κ3) is 5.50. The molecule has 30 heavy (non-hydrogen) atoms. The molecule has 1 aromatic rings. The highest BCUT2D eigenvalue weighted by Gasteiger charge is 2.26. The average molecular weight is 416 g/mol. The number of aryl methyl sites for hydroxylation is 1. The lowest BCUT2D eigenvalue weighted by Crippen LogP contribution is -2.42. The van der Waals surface area contributed by atoms with E-state index in [0.717, 1.165) is 55.2 Å². The molecule has 0 saturated heterocycles. The maximum absolute atomic E-state index is 12.7. The maximum atomic E-state index is 12.7. The predicted molar refractivity (Wildman–Crippen MR) is 120 cm³/mol. The van der Waals surface area contributed by atoms with E-state index in [1.807, 2.05) is 39.0 Å². The fraction of sp³-hybridized carbons (Fsp3) is 0.696. The molecule has 1 fully saturated rings. The van der Waals surface area contributed by atoms with Gasteiger partial charge in [-0.1, -0.05) is 19.3 Å². The van der Waals surface area contributed by atoms with Crippen molar-refractivity contribution in [3.05, 3.63) is 28.9 Å². The Morgan fingerprint density at radius 3 is 2.57 bits per heavy atom. The number of nitrogens with zero attached hydrogens (tertiary/aromatic N) is 4. The summed E-state index contributed by atoms with van der Waals surface area (Å²) in [5, 5.41) is 3.22. The van der Waals surface area contributed by atoms with Crippen LogP contribution in [-0.4, -0.2) is 61.6 Å². The van der Waals surface area contributed by atoms with Crippen LogP contribution in [0.4, 0.5) is 5.82 Å². The Hall–Kier alpha value is -2.15. The second-order valence-corrected chi connectivity index (χ2v) is 8.83. The van der Waals surface area contributed by atoms with Gasteiger partial charge < -0.3 is 15.0 Å². The molecule has 1 aromatic heterocycles. The van der Waals surface area contributed by atoms with Gasteiger partial charge in [-0.15, -0.1) is 0 Å². The third-order valence-corrected chi connectivity index (χ3v) is 6.18. The van der Waals surface area contributed by atoms with Gasteiger partial charge in [0, 0.05) is 24.3 Å². The molecular weight excluding hydrogens is 378 g/mol. The van der Waals surface area contributed by atoms with Gasteiger partial charge in [-0.05, 0) is 59.2 Å². The lowest BCUT2D eigenvalue weighted by Gasteiger charge is -2.27. The first kappa shape index (κ1) is 22.5. The van der Waals surface area contributed by atoms with Gasteiger partial charge in [-0.3, -0.25) is 9.69 Å². The minimum atomic E-state index is -0.0842. The van der Waals surface area contributed by atoms with E-state index in [1.165, 1.54) is 24.8 Å². The lowest BCUT2D eigenvalue weighted by molar-refractivity contribution is -0.120. The number of ether oxygens (including phenoxy) is 1. The monoisotopic (exact) mass is 415 g/mol. The molecule has 1 N–H and O–H groups in total. The Morgan fingerprint density at radius 2 is 1.90 bits per heavy atom. The number of carbonyl (C=O) groups excluding carboxylic acids is 1. The summed E-state index contributed by atoms with van der Waals surface area (Å²) in [6, 6.07) is 0.241. The van der Waals surface area contributed by atoms with Gasteiger partial charge in [0.25, 0.3) is 0 Å². The van der Waals surface area contributed by atoms with Crippen LogP contribution in [0.5, 0.6) is 0 Å². The molecule has 166 valence electrons. The Bertz CT molecular complexity index is 771. The SMILES string of the molecule is CO/C(C)=C/C(c1nc2c(c(N(C)CC(=O)NC3CCCCC3)n1)CCC2)N(C)C. The molecule has 7 nitrogen and oxygen atoms in total. The smallest absolute Gasteiger partial charge is 0.239 e. The van der Waals surface area contributed by atoms with Crippen molar-refractivity contribution >= 4 is 11.7 Å². The van der Waals surface area contributed by atoms with Crippen LogP contribution in [0.25, 0.3) is 0 Å². The summed E-state index contributed by atoms with van der Waals surface area (Å²) in [5.41, 5.74) is 2.31. The van der Waals surface area contributed by atoms with Crippen molar-refractivity contribution in [1.82, 2.24) is 20.2 Å². The topological polar surface area (TPSA) is 70.6 Å². The molecule has 7 heteroatoms. The number of nitrogens with one attached hydrogen (secondary N) is 1. The molecule has 0 radical (unpaired) electrons. The number of likely N-dealkylation sites (N-methyl/N-ethyl adjacent to an activating group) is 2. The van der Waals surface area contributed by atoms with E-state index >= 15 is 0 Å². The number of anilines is 1. The zero-order chi connectivity index (χ0) is 21.7. The Kier molecular flexibility index (Phi) is 7.69. The highest BCUT2D eigenvalue weighted by atomic mass is 16.5. The first-order valence-corrected chi connectivity index (χ1v) is 11.2. The van der Waals surface area contributed by atoms with Crippen molar-refractivity contribution in [2.24, 2.45) is 0 Å². The summed E-state index contributed by atoms with van der Waals surface area (Å²) in [7, 11) is 7.67. The fourth-order valence-corrected chi connectivity index (χ4v) is 4.43. The molecule has 1 amide bonds. The van der Waals surface area contributed by atoms with Crippen LogP contribution in [0.3, 0.4) is 0 Å². The molecule has 3 rings (SSSR count). The Morgan fingerprint density at radius 1 is 1.17 bits per heavy atom. The van der Waals surface area contributed by atoms with Crippen molar-refractivity contribution < 1.29 is 9.53 Å². The number of methoxy groups -OCH3 is 1. The van der Waals surface area contributed by atoms with Crippen molar-refractivity contribution in [1.29, 1.82) is 0 Å². The summed E-state index contributed by atoms with van der Waals surface area (Å²) in [6.07, 6.45) is 11.0. The highest BCUT2D eigenvalue weighted by Crippen LogP contribution is 2.31. The molecule has 0 bridgehead atoms. The van der Waals surface area contributed by atoms with Crippen molar-refractivity contribution in [3.8, 4) is 0 Å². The summed E-state index contributed by atoms with van der Waals surface area (Å²) in [5.74, 6) is 2.56. The van der Waals surface area contributed by atoms with E-state index in [2.05, 4.69) is 10.2 Å².